The molecule has 0 aliphatic carbocycles. The third-order valence-corrected chi connectivity index (χ3v) is 0.795. The number of aliphatic hydroxyl groups excluding tert-OH is 1. The maximum absolute atomic E-state index is 8.29. The van der Waals surface area contributed by atoms with Crippen molar-refractivity contribution in [2.45, 2.75) is 61.3 Å². The van der Waals surface area contributed by atoms with Gasteiger partial charge in [-0.25, -0.2) is 0 Å². The van der Waals surface area contributed by atoms with Gasteiger partial charge >= 0.3 is 0 Å². The maximum atomic E-state index is 8.29. The van der Waals surface area contributed by atoms with Gasteiger partial charge in [0.15, 0.2) is 0 Å². The van der Waals surface area contributed by atoms with Crippen molar-refractivity contribution in [3.8, 4) is 0 Å². The molecule has 0 aromatic carbocycles. The highest BCUT2D eigenvalue weighted by Crippen LogP contribution is 1.82. The quantitative estimate of drug-likeness (QED) is 0.695. The van der Waals surface area contributed by atoms with Crippen LogP contribution in [0.5, 0.6) is 0 Å². The second kappa shape index (κ2) is 52.4. The molecule has 2 nitrogen and oxygen atoms in total. The third-order valence-electron chi connectivity index (χ3n) is 0.795. The molecule has 0 amide bonds. The van der Waals surface area contributed by atoms with Crippen LogP contribution in [0.3, 0.4) is 0 Å². The zero-order valence-corrected chi connectivity index (χ0v) is 11.4. The van der Waals surface area contributed by atoms with Gasteiger partial charge in [0.25, 0.3) is 0 Å². The number of aliphatic hydroxyl groups is 1. The molecule has 0 aliphatic rings. The summed E-state index contributed by atoms with van der Waals surface area (Å²) in [6.45, 7) is 15.8. The standard InChI is InChI=1S/C6H14O2.3C2H6/c1-2-5-8-6-3-4-7;3*1-2/h7H,2-6H2,1H3;3*1-2H3. The van der Waals surface area contributed by atoms with Gasteiger partial charge in [-0.2, -0.15) is 0 Å². The molecule has 14 heavy (non-hydrogen) atoms. The first-order chi connectivity index (χ1) is 6.91. The van der Waals surface area contributed by atoms with E-state index in [0.29, 0.717) is 6.61 Å². The van der Waals surface area contributed by atoms with E-state index in [2.05, 4.69) is 6.92 Å². The normalized spacial score (nSPS) is 6.86. The van der Waals surface area contributed by atoms with Gasteiger partial charge < -0.3 is 9.84 Å². The highest BCUT2D eigenvalue weighted by Gasteiger charge is 1.82. The average molecular weight is 208 g/mol. The van der Waals surface area contributed by atoms with Crippen LogP contribution in [0.15, 0.2) is 0 Å². The number of ether oxygens (including phenoxy) is 1. The molecule has 0 unspecified atom stereocenters. The molecule has 0 rings (SSSR count). The lowest BCUT2D eigenvalue weighted by molar-refractivity contribution is 0.116. The van der Waals surface area contributed by atoms with Crippen LogP contribution in [-0.4, -0.2) is 24.9 Å². The topological polar surface area (TPSA) is 29.5 Å². The molecule has 92 valence electrons. The predicted molar refractivity (Wildman–Crippen MR) is 66.9 cm³/mol. The summed E-state index contributed by atoms with van der Waals surface area (Å²) in [4.78, 5) is 0. The van der Waals surface area contributed by atoms with Crippen molar-refractivity contribution in [2.24, 2.45) is 0 Å². The third kappa shape index (κ3) is 58.7. The largest absolute Gasteiger partial charge is 0.396 e. The fraction of sp³-hybridized carbons (Fsp3) is 1.00. The Balaban J connectivity index is -0.0000000708. The Bertz CT molecular complexity index is 33.3. The SMILES string of the molecule is CC.CC.CC.CCCOCCCO. The lowest BCUT2D eigenvalue weighted by atomic mass is 10.5. The van der Waals surface area contributed by atoms with Crippen molar-refractivity contribution in [1.82, 2.24) is 0 Å². The second-order valence-corrected chi connectivity index (χ2v) is 1.69. The summed E-state index contributed by atoms with van der Waals surface area (Å²) in [6.07, 6.45) is 1.82. The minimum absolute atomic E-state index is 0.240. The van der Waals surface area contributed by atoms with Crippen LogP contribution in [0, 0.1) is 0 Å². The van der Waals surface area contributed by atoms with E-state index in [1.54, 1.807) is 0 Å². The van der Waals surface area contributed by atoms with Crippen molar-refractivity contribution >= 4 is 0 Å². The maximum Gasteiger partial charge on any atom is 0.0487 e. The summed E-state index contributed by atoms with van der Waals surface area (Å²) in [5, 5.41) is 8.29. The molecule has 0 saturated heterocycles. The number of rotatable bonds is 5. The Kier molecular flexibility index (Phi) is 88.3. The highest BCUT2D eigenvalue weighted by molar-refractivity contribution is 4.30. The van der Waals surface area contributed by atoms with Crippen molar-refractivity contribution < 1.29 is 9.84 Å². The predicted octanol–water partition coefficient (Wildman–Crippen LogP) is 3.87. The van der Waals surface area contributed by atoms with Crippen LogP contribution in [0.25, 0.3) is 0 Å². The summed E-state index contributed by atoms with van der Waals surface area (Å²) >= 11 is 0. The van der Waals surface area contributed by atoms with Gasteiger partial charge in [-0.15, -0.1) is 0 Å². The Hall–Kier alpha value is -0.0800. The van der Waals surface area contributed by atoms with Gasteiger partial charge in [0.2, 0.25) is 0 Å². The summed E-state index contributed by atoms with van der Waals surface area (Å²) in [7, 11) is 0. The van der Waals surface area contributed by atoms with Crippen molar-refractivity contribution in [3.63, 3.8) is 0 Å². The molecule has 0 radical (unpaired) electrons. The van der Waals surface area contributed by atoms with E-state index >= 15 is 0 Å². The van der Waals surface area contributed by atoms with Crippen LogP contribution >= 0.6 is 0 Å². The monoisotopic (exact) mass is 208 g/mol. The van der Waals surface area contributed by atoms with E-state index in [9.17, 15) is 0 Å². The van der Waals surface area contributed by atoms with E-state index in [1.807, 2.05) is 41.5 Å². The number of hydrogen-bond donors (Lipinski definition) is 1. The van der Waals surface area contributed by atoms with Gasteiger partial charge in [0.1, 0.15) is 0 Å². The minimum atomic E-state index is 0.240. The fourth-order valence-corrected chi connectivity index (χ4v) is 0.413. The summed E-state index contributed by atoms with van der Waals surface area (Å²) in [5.41, 5.74) is 0. The Morgan fingerprint density at radius 3 is 1.57 bits per heavy atom. The average Bonchev–Trinajstić information content (AvgIpc) is 2.33. The molecule has 0 fully saturated rings. The van der Waals surface area contributed by atoms with Gasteiger partial charge in [-0.3, -0.25) is 0 Å². The van der Waals surface area contributed by atoms with Gasteiger partial charge in [0, 0.05) is 19.8 Å². The van der Waals surface area contributed by atoms with Crippen molar-refractivity contribution in [2.75, 3.05) is 19.8 Å². The molecule has 0 atom stereocenters. The first-order valence-corrected chi connectivity index (χ1v) is 6.10. The van der Waals surface area contributed by atoms with E-state index in [1.165, 1.54) is 0 Å². The first-order valence-electron chi connectivity index (χ1n) is 6.10. The molecular formula is C12H32O2. The van der Waals surface area contributed by atoms with E-state index in [0.717, 1.165) is 19.4 Å². The van der Waals surface area contributed by atoms with Crippen LogP contribution in [-0.2, 0) is 4.74 Å². The molecule has 0 aromatic rings. The zero-order valence-electron chi connectivity index (χ0n) is 11.4. The van der Waals surface area contributed by atoms with E-state index < -0.39 is 0 Å². The molecule has 2 heteroatoms. The zero-order chi connectivity index (χ0) is 12.2. The molecule has 0 heterocycles. The minimum Gasteiger partial charge on any atom is -0.396 e. The summed E-state index contributed by atoms with van der Waals surface area (Å²) in [6, 6.07) is 0. The highest BCUT2D eigenvalue weighted by atomic mass is 16.5. The van der Waals surface area contributed by atoms with Crippen molar-refractivity contribution in [3.05, 3.63) is 0 Å². The van der Waals surface area contributed by atoms with Crippen LogP contribution in [0.4, 0.5) is 0 Å². The first kappa shape index (κ1) is 23.6. The lowest BCUT2D eigenvalue weighted by Crippen LogP contribution is -1.97. The Morgan fingerprint density at radius 1 is 0.857 bits per heavy atom. The van der Waals surface area contributed by atoms with Crippen LogP contribution < -0.4 is 0 Å². The van der Waals surface area contributed by atoms with Crippen molar-refractivity contribution in [1.29, 1.82) is 0 Å². The summed E-state index contributed by atoms with van der Waals surface area (Å²) in [5.74, 6) is 0. The smallest absolute Gasteiger partial charge is 0.0487 e. The molecule has 0 saturated carbocycles. The second-order valence-electron chi connectivity index (χ2n) is 1.69. The van der Waals surface area contributed by atoms with E-state index in [4.69, 9.17) is 9.84 Å². The molecule has 1 N–H and O–H groups in total. The molecular weight excluding hydrogens is 176 g/mol. The molecule has 0 aliphatic heterocycles. The van der Waals surface area contributed by atoms with Gasteiger partial charge in [-0.1, -0.05) is 48.5 Å². The van der Waals surface area contributed by atoms with Crippen LogP contribution in [0.2, 0.25) is 0 Å². The molecule has 0 aromatic heterocycles. The van der Waals surface area contributed by atoms with Crippen LogP contribution in [0.1, 0.15) is 61.3 Å². The Morgan fingerprint density at radius 2 is 1.29 bits per heavy atom. The molecule has 0 spiro atoms. The fourth-order valence-electron chi connectivity index (χ4n) is 0.413. The van der Waals surface area contributed by atoms with Gasteiger partial charge in [0.05, 0.1) is 0 Å². The lowest BCUT2D eigenvalue weighted by Gasteiger charge is -1.97. The summed E-state index contributed by atoms with van der Waals surface area (Å²) < 4.78 is 5.06. The number of hydrogen-bond acceptors (Lipinski definition) is 2. The van der Waals surface area contributed by atoms with E-state index in [-0.39, 0.29) is 6.61 Å². The van der Waals surface area contributed by atoms with Gasteiger partial charge in [-0.05, 0) is 12.8 Å². The Labute approximate surface area is 91.7 Å². The molecule has 0 bridgehead atoms.